The maximum absolute atomic E-state index is 9.87. The van der Waals surface area contributed by atoms with Crippen LogP contribution in [0.4, 0.5) is 0 Å². The van der Waals surface area contributed by atoms with Crippen molar-refractivity contribution in [2.24, 2.45) is 5.92 Å². The Morgan fingerprint density at radius 1 is 1.24 bits per heavy atom. The molecule has 1 fully saturated rings. The lowest BCUT2D eigenvalue weighted by Crippen LogP contribution is -2.37. The molecule has 21 heavy (non-hydrogen) atoms. The second-order valence-corrected chi connectivity index (χ2v) is 6.03. The van der Waals surface area contributed by atoms with Crippen LogP contribution < -0.4 is 0 Å². The zero-order valence-corrected chi connectivity index (χ0v) is 12.6. The molecule has 3 atom stereocenters. The lowest BCUT2D eigenvalue weighted by Gasteiger charge is -2.45. The second-order valence-electron chi connectivity index (χ2n) is 6.03. The number of allylic oxidation sites excluding steroid dienone is 1. The number of benzene rings is 1. The van der Waals surface area contributed by atoms with E-state index in [0.29, 0.717) is 17.8 Å². The van der Waals surface area contributed by atoms with Gasteiger partial charge in [0.25, 0.3) is 0 Å². The molecule has 3 rings (SSSR count). The predicted molar refractivity (Wildman–Crippen MR) is 86.5 cm³/mol. The molecule has 1 N–H and O–H groups in total. The molecule has 0 bridgehead atoms. The minimum absolute atomic E-state index is 0.253. The lowest BCUT2D eigenvalue weighted by molar-refractivity contribution is 0.102. The summed E-state index contributed by atoms with van der Waals surface area (Å²) in [7, 11) is 0. The third-order valence-corrected chi connectivity index (χ3v) is 4.91. The fourth-order valence-corrected chi connectivity index (χ4v) is 3.73. The Kier molecular flexibility index (Phi) is 3.98. The summed E-state index contributed by atoms with van der Waals surface area (Å²) in [6.07, 6.45) is 5.15. The van der Waals surface area contributed by atoms with Crippen LogP contribution in [-0.2, 0) is 6.54 Å². The van der Waals surface area contributed by atoms with Crippen LogP contribution in [0.3, 0.4) is 0 Å². The van der Waals surface area contributed by atoms with Crippen molar-refractivity contribution < 1.29 is 5.11 Å². The van der Waals surface area contributed by atoms with Crippen molar-refractivity contribution >= 4 is 0 Å². The minimum atomic E-state index is 0.253. The first-order valence-corrected chi connectivity index (χ1v) is 7.68. The molecule has 1 heterocycles. The number of aromatic nitrogens is 1. The third kappa shape index (κ3) is 2.44. The highest BCUT2D eigenvalue weighted by Crippen LogP contribution is 2.53. The van der Waals surface area contributed by atoms with E-state index in [-0.39, 0.29) is 6.61 Å². The van der Waals surface area contributed by atoms with Gasteiger partial charge >= 0.3 is 0 Å². The van der Waals surface area contributed by atoms with Crippen LogP contribution in [0, 0.1) is 12.8 Å². The zero-order chi connectivity index (χ0) is 14.8. The monoisotopic (exact) mass is 281 g/mol. The summed E-state index contributed by atoms with van der Waals surface area (Å²) in [5, 5.41) is 9.87. The predicted octanol–water partition coefficient (Wildman–Crippen LogP) is 3.86. The number of aliphatic hydroxyl groups excluding tert-OH is 1. The molecule has 2 aromatic rings. The highest BCUT2D eigenvalue weighted by molar-refractivity contribution is 5.35. The van der Waals surface area contributed by atoms with E-state index >= 15 is 0 Å². The number of nitrogens with zero attached hydrogens (tertiary/aromatic N) is 1. The van der Waals surface area contributed by atoms with Crippen LogP contribution in [-0.4, -0.2) is 16.3 Å². The van der Waals surface area contributed by atoms with Crippen molar-refractivity contribution in [2.75, 3.05) is 6.61 Å². The van der Waals surface area contributed by atoms with Crippen LogP contribution in [0.1, 0.15) is 35.1 Å². The first-order chi connectivity index (χ1) is 10.3. The Morgan fingerprint density at radius 3 is 2.76 bits per heavy atom. The van der Waals surface area contributed by atoms with Crippen molar-refractivity contribution in [1.82, 2.24) is 4.57 Å². The fourth-order valence-electron chi connectivity index (χ4n) is 3.73. The van der Waals surface area contributed by atoms with Gasteiger partial charge in [-0.3, -0.25) is 0 Å². The molecule has 0 aliphatic heterocycles. The quantitative estimate of drug-likeness (QED) is 0.827. The van der Waals surface area contributed by atoms with Gasteiger partial charge in [-0.15, -0.1) is 6.58 Å². The topological polar surface area (TPSA) is 25.2 Å². The number of aliphatic hydroxyl groups is 1. The maximum atomic E-state index is 9.87. The Labute approximate surface area is 126 Å². The molecule has 1 aromatic heterocycles. The van der Waals surface area contributed by atoms with Gasteiger partial charge in [0.1, 0.15) is 0 Å². The van der Waals surface area contributed by atoms with Gasteiger partial charge in [-0.25, -0.2) is 0 Å². The largest absolute Gasteiger partial charge is 0.396 e. The zero-order valence-electron chi connectivity index (χ0n) is 12.6. The van der Waals surface area contributed by atoms with Gasteiger partial charge in [0, 0.05) is 31.0 Å². The van der Waals surface area contributed by atoms with Crippen molar-refractivity contribution in [2.45, 2.75) is 31.7 Å². The molecule has 3 unspecified atom stereocenters. The van der Waals surface area contributed by atoms with Crippen LogP contribution in [0.5, 0.6) is 0 Å². The van der Waals surface area contributed by atoms with E-state index < -0.39 is 0 Å². The molecule has 1 saturated carbocycles. The third-order valence-electron chi connectivity index (χ3n) is 4.91. The standard InChI is InChI=1S/C19H23NO/c1-3-10-20-11-6-9-19(20)17-12-16(18(17)13-21)15-8-5-4-7-14(15)2/h3-9,11,16-18,21H,1,10,12-13H2,2H3. The van der Waals surface area contributed by atoms with Gasteiger partial charge in [0.15, 0.2) is 0 Å². The van der Waals surface area contributed by atoms with E-state index in [2.05, 4.69) is 60.7 Å². The van der Waals surface area contributed by atoms with Crippen LogP contribution in [0.2, 0.25) is 0 Å². The molecular formula is C19H23NO. The van der Waals surface area contributed by atoms with Crippen molar-refractivity contribution in [3.05, 3.63) is 72.1 Å². The van der Waals surface area contributed by atoms with E-state index in [1.807, 2.05) is 6.08 Å². The van der Waals surface area contributed by atoms with Crippen LogP contribution >= 0.6 is 0 Å². The Hall–Kier alpha value is -1.80. The SMILES string of the molecule is C=CCn1cccc1C1CC(c2ccccc2C)C1CO. The summed E-state index contributed by atoms with van der Waals surface area (Å²) in [5.74, 6) is 1.26. The average molecular weight is 281 g/mol. The normalized spacial score (nSPS) is 24.6. The fraction of sp³-hybridized carbons (Fsp3) is 0.368. The molecule has 0 amide bonds. The van der Waals surface area contributed by atoms with Gasteiger partial charge in [-0.2, -0.15) is 0 Å². The molecule has 1 aliphatic carbocycles. The van der Waals surface area contributed by atoms with E-state index in [4.69, 9.17) is 0 Å². The molecule has 2 nitrogen and oxygen atoms in total. The van der Waals surface area contributed by atoms with Crippen molar-refractivity contribution in [3.8, 4) is 0 Å². The summed E-state index contributed by atoms with van der Waals surface area (Å²) >= 11 is 0. The summed E-state index contributed by atoms with van der Waals surface area (Å²) < 4.78 is 2.24. The molecular weight excluding hydrogens is 258 g/mol. The van der Waals surface area contributed by atoms with E-state index in [1.54, 1.807) is 0 Å². The van der Waals surface area contributed by atoms with E-state index in [1.165, 1.54) is 16.8 Å². The van der Waals surface area contributed by atoms with Gasteiger partial charge in [0.05, 0.1) is 0 Å². The average Bonchev–Trinajstić information content (AvgIpc) is 2.89. The summed E-state index contributed by atoms with van der Waals surface area (Å²) in [4.78, 5) is 0. The van der Waals surface area contributed by atoms with Gasteiger partial charge in [0.2, 0.25) is 0 Å². The van der Waals surface area contributed by atoms with Crippen LogP contribution in [0.15, 0.2) is 55.3 Å². The summed E-state index contributed by atoms with van der Waals surface area (Å²) in [6.45, 7) is 7.08. The minimum Gasteiger partial charge on any atom is -0.396 e. The highest BCUT2D eigenvalue weighted by Gasteiger charge is 2.43. The molecule has 110 valence electrons. The maximum Gasteiger partial charge on any atom is 0.0471 e. The van der Waals surface area contributed by atoms with Crippen molar-refractivity contribution in [1.29, 1.82) is 0 Å². The first kappa shape index (κ1) is 14.2. The number of rotatable bonds is 5. The molecule has 1 aliphatic rings. The first-order valence-electron chi connectivity index (χ1n) is 7.68. The summed E-state index contributed by atoms with van der Waals surface area (Å²) in [6, 6.07) is 12.8. The van der Waals surface area contributed by atoms with Crippen molar-refractivity contribution in [3.63, 3.8) is 0 Å². The Balaban J connectivity index is 1.84. The molecule has 2 heteroatoms. The Morgan fingerprint density at radius 2 is 2.05 bits per heavy atom. The molecule has 0 radical (unpaired) electrons. The number of hydrogen-bond acceptors (Lipinski definition) is 1. The van der Waals surface area contributed by atoms with Crippen LogP contribution in [0.25, 0.3) is 0 Å². The number of aryl methyl sites for hydroxylation is 1. The Bertz CT molecular complexity index is 628. The lowest BCUT2D eigenvalue weighted by atomic mass is 9.60. The second kappa shape index (κ2) is 5.90. The smallest absolute Gasteiger partial charge is 0.0471 e. The molecule has 0 saturated heterocycles. The van der Waals surface area contributed by atoms with Gasteiger partial charge < -0.3 is 9.67 Å². The molecule has 1 aromatic carbocycles. The van der Waals surface area contributed by atoms with Gasteiger partial charge in [-0.05, 0) is 48.4 Å². The van der Waals surface area contributed by atoms with E-state index in [9.17, 15) is 5.11 Å². The number of hydrogen-bond donors (Lipinski definition) is 1. The van der Waals surface area contributed by atoms with E-state index in [0.717, 1.165) is 13.0 Å². The molecule has 0 spiro atoms. The summed E-state index contributed by atoms with van der Waals surface area (Å²) in [5.41, 5.74) is 4.06. The van der Waals surface area contributed by atoms with Gasteiger partial charge in [-0.1, -0.05) is 30.3 Å². The highest BCUT2D eigenvalue weighted by atomic mass is 16.3.